The van der Waals surface area contributed by atoms with Gasteiger partial charge in [-0.15, -0.1) is 0 Å². The Morgan fingerprint density at radius 3 is 2.94 bits per heavy atom. The van der Waals surface area contributed by atoms with Crippen molar-refractivity contribution in [1.82, 2.24) is 9.97 Å². The number of nitrogens with zero attached hydrogens (tertiary/aromatic N) is 2. The average molecular weight is 251 g/mol. The van der Waals surface area contributed by atoms with Gasteiger partial charge in [0.2, 0.25) is 0 Å². The third kappa shape index (κ3) is 3.66. The number of aromatic nitrogens is 2. The highest BCUT2D eigenvalue weighted by atomic mass is 16.5. The molecule has 1 aromatic rings. The van der Waals surface area contributed by atoms with Gasteiger partial charge in [-0.05, 0) is 12.8 Å². The number of hydrogen-bond acceptors (Lipinski definition) is 5. The van der Waals surface area contributed by atoms with Crippen molar-refractivity contribution in [2.24, 2.45) is 0 Å². The first-order chi connectivity index (χ1) is 8.75. The molecule has 0 amide bonds. The van der Waals surface area contributed by atoms with Gasteiger partial charge in [-0.25, -0.2) is 9.97 Å². The summed E-state index contributed by atoms with van der Waals surface area (Å²) in [7, 11) is 0. The highest BCUT2D eigenvalue weighted by molar-refractivity contribution is 5.67. The summed E-state index contributed by atoms with van der Waals surface area (Å²) in [5, 5.41) is 11.6. The van der Waals surface area contributed by atoms with Crippen LogP contribution in [0.3, 0.4) is 0 Å². The highest BCUT2D eigenvalue weighted by Crippen LogP contribution is 2.25. The zero-order chi connectivity index (χ0) is 12.8. The Morgan fingerprint density at radius 2 is 2.22 bits per heavy atom. The summed E-state index contributed by atoms with van der Waals surface area (Å²) in [6.45, 7) is 1.92. The summed E-state index contributed by atoms with van der Waals surface area (Å²) in [6, 6.07) is 1.90. The molecular formula is C12H17N3O3. The second-order valence-electron chi connectivity index (χ2n) is 4.29. The molecule has 0 aliphatic carbocycles. The van der Waals surface area contributed by atoms with Crippen molar-refractivity contribution in [1.29, 1.82) is 0 Å². The van der Waals surface area contributed by atoms with E-state index >= 15 is 0 Å². The molecule has 0 aromatic carbocycles. The molecule has 2 N–H and O–H groups in total. The minimum atomic E-state index is -0.818. The second-order valence-corrected chi connectivity index (χ2v) is 4.29. The molecule has 0 unspecified atom stereocenters. The van der Waals surface area contributed by atoms with Crippen LogP contribution in [0.15, 0.2) is 12.4 Å². The van der Waals surface area contributed by atoms with Gasteiger partial charge in [-0.3, -0.25) is 4.79 Å². The normalized spacial score (nSPS) is 16.4. The Kier molecular flexibility index (Phi) is 4.46. The number of anilines is 1. The largest absolute Gasteiger partial charge is 0.481 e. The van der Waals surface area contributed by atoms with E-state index in [0.29, 0.717) is 18.3 Å². The number of rotatable bonds is 5. The number of carboxylic acid groups (broad SMARTS) is 1. The third-order valence-electron chi connectivity index (χ3n) is 2.97. The predicted molar refractivity (Wildman–Crippen MR) is 65.6 cm³/mol. The van der Waals surface area contributed by atoms with Gasteiger partial charge < -0.3 is 15.2 Å². The molecule has 0 saturated carbocycles. The van der Waals surface area contributed by atoms with Crippen LogP contribution in [0.2, 0.25) is 0 Å². The molecule has 2 heterocycles. The Morgan fingerprint density at radius 1 is 1.44 bits per heavy atom. The highest BCUT2D eigenvalue weighted by Gasteiger charge is 2.17. The molecule has 1 aromatic heterocycles. The zero-order valence-corrected chi connectivity index (χ0v) is 10.1. The summed E-state index contributed by atoms with van der Waals surface area (Å²) in [5.41, 5.74) is 1.01. The topological polar surface area (TPSA) is 84.3 Å². The van der Waals surface area contributed by atoms with Gasteiger partial charge in [0.1, 0.15) is 12.1 Å². The van der Waals surface area contributed by atoms with E-state index in [1.165, 1.54) is 6.33 Å². The fourth-order valence-electron chi connectivity index (χ4n) is 1.98. The molecule has 0 bridgehead atoms. The molecule has 0 atom stereocenters. The summed E-state index contributed by atoms with van der Waals surface area (Å²) in [4.78, 5) is 18.8. The van der Waals surface area contributed by atoms with Crippen LogP contribution in [0.1, 0.15) is 30.9 Å². The summed E-state index contributed by atoms with van der Waals surface area (Å²) >= 11 is 0. The van der Waals surface area contributed by atoms with Gasteiger partial charge in [-0.1, -0.05) is 0 Å². The Labute approximate surface area is 105 Å². The lowest BCUT2D eigenvalue weighted by Gasteiger charge is -2.21. The van der Waals surface area contributed by atoms with Crippen molar-refractivity contribution in [3.8, 4) is 0 Å². The van der Waals surface area contributed by atoms with E-state index < -0.39 is 5.97 Å². The third-order valence-corrected chi connectivity index (χ3v) is 2.97. The number of ether oxygens (including phenoxy) is 1. The van der Waals surface area contributed by atoms with Crippen LogP contribution in [0, 0.1) is 0 Å². The maximum Gasteiger partial charge on any atom is 0.305 e. The SMILES string of the molecule is O=C(O)CCNc1cc(C2CCOCC2)ncn1. The minimum absolute atomic E-state index is 0.0800. The number of nitrogens with one attached hydrogen (secondary N) is 1. The van der Waals surface area contributed by atoms with Crippen molar-refractivity contribution < 1.29 is 14.6 Å². The lowest BCUT2D eigenvalue weighted by Crippen LogP contribution is -2.16. The quantitative estimate of drug-likeness (QED) is 0.819. The van der Waals surface area contributed by atoms with E-state index in [1.807, 2.05) is 6.07 Å². The molecule has 2 rings (SSSR count). The molecule has 1 aliphatic heterocycles. The van der Waals surface area contributed by atoms with Crippen molar-refractivity contribution in [2.45, 2.75) is 25.2 Å². The number of hydrogen-bond donors (Lipinski definition) is 2. The van der Waals surface area contributed by atoms with Crippen LogP contribution in [0.4, 0.5) is 5.82 Å². The molecule has 1 fully saturated rings. The molecule has 0 spiro atoms. The van der Waals surface area contributed by atoms with Gasteiger partial charge >= 0.3 is 5.97 Å². The van der Waals surface area contributed by atoms with Gasteiger partial charge in [0.05, 0.1) is 6.42 Å². The molecule has 98 valence electrons. The van der Waals surface area contributed by atoms with E-state index in [9.17, 15) is 4.79 Å². The fourth-order valence-corrected chi connectivity index (χ4v) is 1.98. The smallest absolute Gasteiger partial charge is 0.305 e. The van der Waals surface area contributed by atoms with Crippen LogP contribution in [-0.4, -0.2) is 40.8 Å². The lowest BCUT2D eigenvalue weighted by molar-refractivity contribution is -0.136. The van der Waals surface area contributed by atoms with Gasteiger partial charge in [0, 0.05) is 37.4 Å². The standard InChI is InChI=1S/C12H17N3O3/c16-12(17)1-4-13-11-7-10(14-8-15-11)9-2-5-18-6-3-9/h7-9H,1-6H2,(H,16,17)(H,13,14,15). The maximum atomic E-state index is 10.4. The van der Waals surface area contributed by atoms with Crippen LogP contribution in [0.25, 0.3) is 0 Å². The Balaban J connectivity index is 1.93. The summed E-state index contributed by atoms with van der Waals surface area (Å²) in [6.07, 6.45) is 3.56. The van der Waals surface area contributed by atoms with E-state index in [-0.39, 0.29) is 6.42 Å². The lowest BCUT2D eigenvalue weighted by atomic mass is 9.96. The summed E-state index contributed by atoms with van der Waals surface area (Å²) in [5.74, 6) is 0.288. The molecular weight excluding hydrogens is 234 g/mol. The zero-order valence-electron chi connectivity index (χ0n) is 10.1. The number of carboxylic acids is 1. The van der Waals surface area contributed by atoms with Crippen molar-refractivity contribution in [3.05, 3.63) is 18.1 Å². The first kappa shape index (κ1) is 12.8. The monoisotopic (exact) mass is 251 g/mol. The van der Waals surface area contributed by atoms with Crippen LogP contribution >= 0.6 is 0 Å². The Hall–Kier alpha value is -1.69. The molecule has 1 aliphatic rings. The van der Waals surface area contributed by atoms with E-state index in [2.05, 4.69) is 15.3 Å². The van der Waals surface area contributed by atoms with Crippen LogP contribution in [-0.2, 0) is 9.53 Å². The maximum absolute atomic E-state index is 10.4. The van der Waals surface area contributed by atoms with Gasteiger partial charge in [0.25, 0.3) is 0 Å². The Bertz CT molecular complexity index is 405. The van der Waals surface area contributed by atoms with Crippen molar-refractivity contribution in [3.63, 3.8) is 0 Å². The van der Waals surface area contributed by atoms with Gasteiger partial charge in [0.15, 0.2) is 0 Å². The average Bonchev–Trinajstić information content (AvgIpc) is 2.40. The molecule has 0 radical (unpaired) electrons. The molecule has 1 saturated heterocycles. The van der Waals surface area contributed by atoms with Crippen LogP contribution in [0.5, 0.6) is 0 Å². The van der Waals surface area contributed by atoms with E-state index in [4.69, 9.17) is 9.84 Å². The number of carbonyl (C=O) groups is 1. The second kappa shape index (κ2) is 6.30. The summed E-state index contributed by atoms with van der Waals surface area (Å²) < 4.78 is 5.32. The van der Waals surface area contributed by atoms with Gasteiger partial charge in [-0.2, -0.15) is 0 Å². The minimum Gasteiger partial charge on any atom is -0.481 e. The van der Waals surface area contributed by atoms with E-state index in [1.54, 1.807) is 0 Å². The fraction of sp³-hybridized carbons (Fsp3) is 0.583. The molecule has 6 heteroatoms. The first-order valence-electron chi connectivity index (χ1n) is 6.11. The van der Waals surface area contributed by atoms with E-state index in [0.717, 1.165) is 31.7 Å². The van der Waals surface area contributed by atoms with Crippen molar-refractivity contribution in [2.75, 3.05) is 25.1 Å². The molecule has 6 nitrogen and oxygen atoms in total. The van der Waals surface area contributed by atoms with Crippen molar-refractivity contribution >= 4 is 11.8 Å². The first-order valence-corrected chi connectivity index (χ1v) is 6.11. The molecule has 18 heavy (non-hydrogen) atoms. The number of aliphatic carboxylic acids is 1. The van der Waals surface area contributed by atoms with Crippen LogP contribution < -0.4 is 5.32 Å². The predicted octanol–water partition coefficient (Wildman–Crippen LogP) is 1.26.